The van der Waals surface area contributed by atoms with Gasteiger partial charge in [-0.2, -0.15) is 0 Å². The first kappa shape index (κ1) is 19.1. The van der Waals surface area contributed by atoms with Crippen LogP contribution in [0.15, 0.2) is 72.4 Å². The molecule has 7 heteroatoms. The number of halogens is 1. The van der Waals surface area contributed by atoms with Crippen molar-refractivity contribution in [2.24, 2.45) is 0 Å². The van der Waals surface area contributed by atoms with Crippen LogP contribution in [-0.4, -0.2) is 21.5 Å². The van der Waals surface area contributed by atoms with E-state index in [1.807, 2.05) is 54.1 Å². The Labute approximate surface area is 178 Å². The highest BCUT2D eigenvalue weighted by Gasteiger charge is 2.34. The van der Waals surface area contributed by atoms with Crippen LogP contribution in [0, 0.1) is 6.92 Å². The lowest BCUT2D eigenvalue weighted by Crippen LogP contribution is -2.54. The van der Waals surface area contributed by atoms with Gasteiger partial charge in [-0.1, -0.05) is 29.3 Å². The minimum Gasteiger partial charge on any atom is -0.317 e. The number of nitrogens with zero attached hydrogens (tertiary/aromatic N) is 2. The van der Waals surface area contributed by atoms with Crippen LogP contribution in [-0.2, 0) is 9.59 Å². The number of hydrogen-bond donors (Lipinski definition) is 1. The van der Waals surface area contributed by atoms with Crippen LogP contribution in [0.25, 0.3) is 11.8 Å². The monoisotopic (exact) mass is 421 g/mol. The smallest absolute Gasteiger partial charge is 0.270 e. The third kappa shape index (κ3) is 3.72. The molecule has 0 spiro atoms. The summed E-state index contributed by atoms with van der Waals surface area (Å²) in [5, 5.41) is 3.30. The Hall–Kier alpha value is -3.22. The number of aryl methyl sites for hydroxylation is 1. The van der Waals surface area contributed by atoms with Crippen molar-refractivity contribution in [3.63, 3.8) is 0 Å². The maximum absolute atomic E-state index is 13.1. The number of hydrogen-bond acceptors (Lipinski definition) is 3. The number of amides is 2. The van der Waals surface area contributed by atoms with Gasteiger partial charge in [0, 0.05) is 22.6 Å². The number of aromatic nitrogens is 1. The normalized spacial score (nSPS) is 15.7. The maximum Gasteiger partial charge on any atom is 0.270 e. The van der Waals surface area contributed by atoms with Gasteiger partial charge in [0.05, 0.1) is 5.69 Å². The fraction of sp³-hybridized carbons (Fsp3) is 0.0455. The molecule has 0 bridgehead atoms. The Morgan fingerprint density at radius 3 is 2.31 bits per heavy atom. The molecule has 144 valence electrons. The SMILES string of the molecule is Cc1ccc(N2C(=O)/C(=C/c3cccn3-c3ccc(Cl)cc3)C(=O)NC2=S)cc1. The summed E-state index contributed by atoms with van der Waals surface area (Å²) in [6.45, 7) is 1.96. The van der Waals surface area contributed by atoms with Crippen LogP contribution in [0.2, 0.25) is 5.02 Å². The van der Waals surface area contributed by atoms with E-state index in [4.69, 9.17) is 23.8 Å². The highest BCUT2D eigenvalue weighted by atomic mass is 35.5. The van der Waals surface area contributed by atoms with Gasteiger partial charge in [-0.25, -0.2) is 0 Å². The van der Waals surface area contributed by atoms with Gasteiger partial charge in [0.2, 0.25) is 0 Å². The van der Waals surface area contributed by atoms with Crippen molar-refractivity contribution in [2.75, 3.05) is 4.90 Å². The summed E-state index contributed by atoms with van der Waals surface area (Å²) < 4.78 is 1.87. The lowest BCUT2D eigenvalue weighted by atomic mass is 10.1. The molecular weight excluding hydrogens is 406 g/mol. The molecule has 5 nitrogen and oxygen atoms in total. The van der Waals surface area contributed by atoms with Gasteiger partial charge in [0.15, 0.2) is 5.11 Å². The maximum atomic E-state index is 13.1. The van der Waals surface area contributed by atoms with Crippen molar-refractivity contribution in [2.45, 2.75) is 6.92 Å². The summed E-state index contributed by atoms with van der Waals surface area (Å²) in [5.41, 5.74) is 3.21. The number of carbonyl (C=O) groups excluding carboxylic acids is 2. The van der Waals surface area contributed by atoms with Gasteiger partial charge in [-0.3, -0.25) is 19.8 Å². The Morgan fingerprint density at radius 1 is 0.966 bits per heavy atom. The van der Waals surface area contributed by atoms with E-state index >= 15 is 0 Å². The summed E-state index contributed by atoms with van der Waals surface area (Å²) in [6.07, 6.45) is 3.42. The summed E-state index contributed by atoms with van der Waals surface area (Å²) >= 11 is 11.2. The van der Waals surface area contributed by atoms with Crippen molar-refractivity contribution in [3.05, 3.63) is 88.7 Å². The van der Waals surface area contributed by atoms with Crippen LogP contribution in [0.1, 0.15) is 11.3 Å². The molecule has 1 aromatic heterocycles. The molecule has 3 aromatic rings. The predicted molar refractivity (Wildman–Crippen MR) is 118 cm³/mol. The van der Waals surface area contributed by atoms with E-state index < -0.39 is 11.8 Å². The van der Waals surface area contributed by atoms with Crippen LogP contribution in [0.3, 0.4) is 0 Å². The van der Waals surface area contributed by atoms with E-state index in [0.717, 1.165) is 11.3 Å². The van der Waals surface area contributed by atoms with Crippen molar-refractivity contribution in [3.8, 4) is 5.69 Å². The number of thiocarbonyl (C=S) groups is 1. The highest BCUT2D eigenvalue weighted by molar-refractivity contribution is 7.80. The summed E-state index contributed by atoms with van der Waals surface area (Å²) in [5.74, 6) is -0.987. The van der Waals surface area contributed by atoms with E-state index in [9.17, 15) is 9.59 Å². The van der Waals surface area contributed by atoms with Crippen molar-refractivity contribution < 1.29 is 9.59 Å². The van der Waals surface area contributed by atoms with Crippen molar-refractivity contribution in [1.29, 1.82) is 0 Å². The lowest BCUT2D eigenvalue weighted by Gasteiger charge is -2.29. The van der Waals surface area contributed by atoms with Gasteiger partial charge < -0.3 is 4.57 Å². The summed E-state index contributed by atoms with van der Waals surface area (Å²) in [6, 6.07) is 18.3. The number of carbonyl (C=O) groups is 2. The van der Waals surface area contributed by atoms with Crippen LogP contribution < -0.4 is 10.2 Å². The number of rotatable bonds is 3. The summed E-state index contributed by atoms with van der Waals surface area (Å²) in [4.78, 5) is 27.0. The molecule has 1 saturated heterocycles. The second kappa shape index (κ2) is 7.66. The predicted octanol–water partition coefficient (Wildman–Crippen LogP) is 4.27. The van der Waals surface area contributed by atoms with Gasteiger partial charge in [0.1, 0.15) is 5.57 Å². The molecule has 29 heavy (non-hydrogen) atoms. The van der Waals surface area contributed by atoms with Crippen molar-refractivity contribution in [1.82, 2.24) is 9.88 Å². The minimum absolute atomic E-state index is 0.00749. The molecule has 1 N–H and O–H groups in total. The van der Waals surface area contributed by atoms with E-state index in [0.29, 0.717) is 16.4 Å². The fourth-order valence-electron chi connectivity index (χ4n) is 3.08. The highest BCUT2D eigenvalue weighted by Crippen LogP contribution is 2.24. The lowest BCUT2D eigenvalue weighted by molar-refractivity contribution is -0.122. The van der Waals surface area contributed by atoms with E-state index in [2.05, 4.69) is 5.32 Å². The zero-order valence-electron chi connectivity index (χ0n) is 15.4. The molecule has 0 aliphatic carbocycles. The van der Waals surface area contributed by atoms with Gasteiger partial charge in [-0.05, 0) is 73.7 Å². The number of anilines is 1. The zero-order valence-corrected chi connectivity index (χ0v) is 17.0. The minimum atomic E-state index is -0.521. The first-order valence-electron chi connectivity index (χ1n) is 8.85. The molecule has 2 amide bonds. The van der Waals surface area contributed by atoms with Gasteiger partial charge in [0.25, 0.3) is 11.8 Å². The third-order valence-corrected chi connectivity index (χ3v) is 5.11. The molecular formula is C22H16ClN3O2S. The molecule has 1 aliphatic heterocycles. The topological polar surface area (TPSA) is 54.3 Å². The van der Waals surface area contributed by atoms with Crippen LogP contribution in [0.4, 0.5) is 5.69 Å². The molecule has 1 fully saturated rings. The molecule has 0 unspecified atom stereocenters. The zero-order chi connectivity index (χ0) is 20.5. The van der Waals surface area contributed by atoms with Crippen molar-refractivity contribution >= 4 is 52.5 Å². The molecule has 4 rings (SSSR count). The Morgan fingerprint density at radius 2 is 1.62 bits per heavy atom. The van der Waals surface area contributed by atoms with Gasteiger partial charge >= 0.3 is 0 Å². The van der Waals surface area contributed by atoms with Gasteiger partial charge in [-0.15, -0.1) is 0 Å². The van der Waals surface area contributed by atoms with E-state index in [-0.39, 0.29) is 10.7 Å². The Bertz CT molecular complexity index is 1150. The number of benzene rings is 2. The second-order valence-corrected chi connectivity index (χ2v) is 7.40. The molecule has 2 aromatic carbocycles. The molecule has 0 saturated carbocycles. The number of nitrogens with one attached hydrogen (secondary N) is 1. The van der Waals surface area contributed by atoms with E-state index in [1.54, 1.807) is 30.3 Å². The molecule has 2 heterocycles. The molecule has 1 aliphatic rings. The molecule has 0 atom stereocenters. The first-order valence-corrected chi connectivity index (χ1v) is 9.64. The quantitative estimate of drug-likeness (QED) is 0.390. The third-order valence-electron chi connectivity index (χ3n) is 4.57. The average molecular weight is 422 g/mol. The largest absolute Gasteiger partial charge is 0.317 e. The Balaban J connectivity index is 1.73. The first-order chi connectivity index (χ1) is 13.9. The standard InChI is InChI=1S/C22H16ClN3O2S/c1-14-4-8-17(9-5-14)26-21(28)19(20(27)24-22(26)29)13-18-3-2-12-25(18)16-10-6-15(23)7-11-16/h2-13H,1H3,(H,24,27,29)/b19-13+. The average Bonchev–Trinajstić information content (AvgIpc) is 3.15. The fourth-order valence-corrected chi connectivity index (χ4v) is 3.49. The molecule has 0 radical (unpaired) electrons. The second-order valence-electron chi connectivity index (χ2n) is 6.57. The van der Waals surface area contributed by atoms with E-state index in [1.165, 1.54) is 4.90 Å². The Kier molecular flexibility index (Phi) is 5.05. The summed E-state index contributed by atoms with van der Waals surface area (Å²) in [7, 11) is 0. The van der Waals surface area contributed by atoms with Crippen LogP contribution >= 0.6 is 23.8 Å². The van der Waals surface area contributed by atoms with Crippen LogP contribution in [0.5, 0.6) is 0 Å².